The molecule has 0 saturated heterocycles. The smallest absolute Gasteiger partial charge is 0.137 e. The summed E-state index contributed by atoms with van der Waals surface area (Å²) in [5.74, 6) is 2.57. The molecule has 0 aliphatic heterocycles. The number of benzene rings is 1. The minimum Gasteiger partial charge on any atom is -0.460 e. The number of nitrogens with one attached hydrogen (secondary N) is 1. The standard InChI is InChI=1S/C18H19ClN2O2/c1-12-15(13(2)23-21-12)9-10-20-11-14-7-8-18(22-14)16-5-3-4-6-17(16)19/h3-8,20H,9-11H2,1-2H3. The molecule has 3 aromatic rings. The van der Waals surface area contributed by atoms with Crippen molar-refractivity contribution in [2.75, 3.05) is 6.54 Å². The molecule has 0 radical (unpaired) electrons. The first-order valence-corrected chi connectivity index (χ1v) is 7.99. The fourth-order valence-corrected chi connectivity index (χ4v) is 2.79. The van der Waals surface area contributed by atoms with Crippen LogP contribution < -0.4 is 5.32 Å². The van der Waals surface area contributed by atoms with E-state index < -0.39 is 0 Å². The van der Waals surface area contributed by atoms with E-state index in [0.717, 1.165) is 41.5 Å². The van der Waals surface area contributed by atoms with Crippen LogP contribution in [0.5, 0.6) is 0 Å². The maximum Gasteiger partial charge on any atom is 0.137 e. The molecule has 0 aliphatic carbocycles. The van der Waals surface area contributed by atoms with Gasteiger partial charge < -0.3 is 14.3 Å². The van der Waals surface area contributed by atoms with Gasteiger partial charge in [-0.1, -0.05) is 28.9 Å². The Morgan fingerprint density at radius 2 is 1.96 bits per heavy atom. The molecule has 0 atom stereocenters. The van der Waals surface area contributed by atoms with Crippen molar-refractivity contribution in [2.24, 2.45) is 0 Å². The lowest BCUT2D eigenvalue weighted by Crippen LogP contribution is -2.16. The Hall–Kier alpha value is -2.04. The summed E-state index contributed by atoms with van der Waals surface area (Å²) in [7, 11) is 0. The van der Waals surface area contributed by atoms with Crippen molar-refractivity contribution >= 4 is 11.6 Å². The number of rotatable bonds is 6. The third-order valence-corrected chi connectivity index (χ3v) is 4.16. The van der Waals surface area contributed by atoms with Gasteiger partial charge in [0.05, 0.1) is 17.3 Å². The molecule has 1 aromatic carbocycles. The zero-order valence-corrected chi connectivity index (χ0v) is 14.0. The van der Waals surface area contributed by atoms with Crippen molar-refractivity contribution in [3.05, 3.63) is 64.2 Å². The molecule has 0 spiro atoms. The number of aromatic nitrogens is 1. The molecule has 0 unspecified atom stereocenters. The summed E-state index contributed by atoms with van der Waals surface area (Å²) in [5, 5.41) is 8.04. The Balaban J connectivity index is 1.55. The van der Waals surface area contributed by atoms with E-state index in [2.05, 4.69) is 10.5 Å². The molecule has 0 aliphatic rings. The lowest BCUT2D eigenvalue weighted by Gasteiger charge is -2.03. The molecule has 2 aromatic heterocycles. The van der Waals surface area contributed by atoms with Crippen LogP contribution in [0.4, 0.5) is 0 Å². The quantitative estimate of drug-likeness (QED) is 0.674. The number of furan rings is 1. The first kappa shape index (κ1) is 15.8. The van der Waals surface area contributed by atoms with E-state index in [1.165, 1.54) is 5.56 Å². The Morgan fingerprint density at radius 3 is 2.70 bits per heavy atom. The number of nitrogens with zero attached hydrogens (tertiary/aromatic N) is 1. The SMILES string of the molecule is Cc1noc(C)c1CCNCc1ccc(-c2ccccc2Cl)o1. The summed E-state index contributed by atoms with van der Waals surface area (Å²) in [6, 6.07) is 11.6. The topological polar surface area (TPSA) is 51.2 Å². The van der Waals surface area contributed by atoms with E-state index in [1.807, 2.05) is 50.2 Å². The average molecular weight is 331 g/mol. The molecule has 5 heteroatoms. The van der Waals surface area contributed by atoms with Crippen LogP contribution in [0.15, 0.2) is 45.3 Å². The van der Waals surface area contributed by atoms with Gasteiger partial charge in [-0.2, -0.15) is 0 Å². The molecule has 0 fully saturated rings. The van der Waals surface area contributed by atoms with Crippen molar-refractivity contribution in [1.82, 2.24) is 10.5 Å². The van der Waals surface area contributed by atoms with Gasteiger partial charge in [0.1, 0.15) is 17.3 Å². The van der Waals surface area contributed by atoms with Crippen molar-refractivity contribution in [3.8, 4) is 11.3 Å². The molecule has 120 valence electrons. The maximum atomic E-state index is 6.19. The minimum atomic E-state index is 0.674. The third-order valence-electron chi connectivity index (χ3n) is 3.83. The predicted octanol–water partition coefficient (Wildman–Crippen LogP) is 4.54. The van der Waals surface area contributed by atoms with Crippen molar-refractivity contribution < 1.29 is 8.94 Å². The van der Waals surface area contributed by atoms with Gasteiger partial charge in [0, 0.05) is 11.1 Å². The van der Waals surface area contributed by atoms with E-state index in [9.17, 15) is 0 Å². The average Bonchev–Trinajstić information content (AvgIpc) is 3.13. The summed E-state index contributed by atoms with van der Waals surface area (Å²) in [6.07, 6.45) is 0.888. The number of aryl methyl sites for hydroxylation is 2. The van der Waals surface area contributed by atoms with Crippen LogP contribution in [-0.4, -0.2) is 11.7 Å². The van der Waals surface area contributed by atoms with Crippen LogP contribution in [0.3, 0.4) is 0 Å². The summed E-state index contributed by atoms with van der Waals surface area (Å²) >= 11 is 6.19. The molecular weight excluding hydrogens is 312 g/mol. The van der Waals surface area contributed by atoms with Crippen LogP contribution in [0.2, 0.25) is 5.02 Å². The molecule has 3 rings (SSSR count). The zero-order valence-electron chi connectivity index (χ0n) is 13.2. The van der Waals surface area contributed by atoms with Crippen LogP contribution >= 0.6 is 11.6 Å². The number of halogens is 1. The highest BCUT2D eigenvalue weighted by molar-refractivity contribution is 6.33. The molecule has 4 nitrogen and oxygen atoms in total. The van der Waals surface area contributed by atoms with Gasteiger partial charge in [-0.15, -0.1) is 0 Å². The molecule has 0 amide bonds. The Kier molecular flexibility index (Phi) is 4.84. The highest BCUT2D eigenvalue weighted by atomic mass is 35.5. The van der Waals surface area contributed by atoms with Gasteiger partial charge in [0.2, 0.25) is 0 Å². The summed E-state index contributed by atoms with van der Waals surface area (Å²) in [4.78, 5) is 0. The zero-order chi connectivity index (χ0) is 16.2. The summed E-state index contributed by atoms with van der Waals surface area (Å²) in [5.41, 5.74) is 3.05. The van der Waals surface area contributed by atoms with E-state index in [-0.39, 0.29) is 0 Å². The van der Waals surface area contributed by atoms with Gasteiger partial charge in [-0.05, 0) is 51.1 Å². The van der Waals surface area contributed by atoms with E-state index in [1.54, 1.807) is 0 Å². The largest absolute Gasteiger partial charge is 0.460 e. The number of hydrogen-bond acceptors (Lipinski definition) is 4. The van der Waals surface area contributed by atoms with Gasteiger partial charge in [-0.25, -0.2) is 0 Å². The summed E-state index contributed by atoms with van der Waals surface area (Å²) in [6.45, 7) is 5.42. The van der Waals surface area contributed by atoms with Gasteiger partial charge in [0.15, 0.2) is 0 Å². The van der Waals surface area contributed by atoms with E-state index in [0.29, 0.717) is 11.6 Å². The van der Waals surface area contributed by atoms with Gasteiger partial charge >= 0.3 is 0 Å². The van der Waals surface area contributed by atoms with Crippen LogP contribution in [0.1, 0.15) is 22.8 Å². The van der Waals surface area contributed by atoms with Crippen molar-refractivity contribution in [1.29, 1.82) is 0 Å². The van der Waals surface area contributed by atoms with Crippen LogP contribution in [-0.2, 0) is 13.0 Å². The first-order valence-electron chi connectivity index (χ1n) is 7.61. The van der Waals surface area contributed by atoms with Gasteiger partial charge in [-0.3, -0.25) is 0 Å². The van der Waals surface area contributed by atoms with E-state index >= 15 is 0 Å². The van der Waals surface area contributed by atoms with Crippen molar-refractivity contribution in [2.45, 2.75) is 26.8 Å². The predicted molar refractivity (Wildman–Crippen MR) is 90.5 cm³/mol. The molecule has 0 saturated carbocycles. The Bertz CT molecular complexity index is 772. The first-order chi connectivity index (χ1) is 11.1. The molecular formula is C18H19ClN2O2. The molecule has 2 heterocycles. The Morgan fingerprint density at radius 1 is 1.13 bits per heavy atom. The lowest BCUT2D eigenvalue weighted by atomic mass is 10.1. The Labute approximate surface area is 140 Å². The normalized spacial score (nSPS) is 11.1. The highest BCUT2D eigenvalue weighted by Crippen LogP contribution is 2.28. The maximum absolute atomic E-state index is 6.19. The van der Waals surface area contributed by atoms with Crippen LogP contribution in [0, 0.1) is 13.8 Å². The molecule has 0 bridgehead atoms. The van der Waals surface area contributed by atoms with Crippen LogP contribution in [0.25, 0.3) is 11.3 Å². The molecule has 23 heavy (non-hydrogen) atoms. The van der Waals surface area contributed by atoms with E-state index in [4.69, 9.17) is 20.5 Å². The second-order valence-corrected chi connectivity index (χ2v) is 5.88. The second-order valence-electron chi connectivity index (χ2n) is 5.48. The monoisotopic (exact) mass is 330 g/mol. The third kappa shape index (κ3) is 3.66. The lowest BCUT2D eigenvalue weighted by molar-refractivity contribution is 0.392. The van der Waals surface area contributed by atoms with Gasteiger partial charge in [0.25, 0.3) is 0 Å². The second kappa shape index (κ2) is 7.02. The number of hydrogen-bond donors (Lipinski definition) is 1. The fourth-order valence-electron chi connectivity index (χ4n) is 2.56. The fraction of sp³-hybridized carbons (Fsp3) is 0.278. The minimum absolute atomic E-state index is 0.674. The highest BCUT2D eigenvalue weighted by Gasteiger charge is 2.09. The van der Waals surface area contributed by atoms with Crippen molar-refractivity contribution in [3.63, 3.8) is 0 Å². The summed E-state index contributed by atoms with van der Waals surface area (Å²) < 4.78 is 11.0. The molecule has 1 N–H and O–H groups in total.